The number of hydrogen-bond acceptors (Lipinski definition) is 4. The third-order valence-corrected chi connectivity index (χ3v) is 7.07. The predicted molar refractivity (Wildman–Crippen MR) is 138 cm³/mol. The molecule has 172 valence electrons. The van der Waals surface area contributed by atoms with Gasteiger partial charge in [0.2, 0.25) is 0 Å². The van der Waals surface area contributed by atoms with E-state index < -0.39 is 10.0 Å². The Labute approximate surface area is 231 Å². The van der Waals surface area contributed by atoms with E-state index in [9.17, 15) is 18.6 Å². The van der Waals surface area contributed by atoms with Gasteiger partial charge in [0, 0.05) is 16.0 Å². The fraction of sp³-hybridized carbons (Fsp3) is 0.0370. The zero-order valence-corrected chi connectivity index (χ0v) is 22.8. The van der Waals surface area contributed by atoms with Gasteiger partial charge in [0.1, 0.15) is 21.5 Å². The molecule has 0 unspecified atom stereocenters. The van der Waals surface area contributed by atoms with Crippen molar-refractivity contribution in [2.45, 2.75) is 11.8 Å². The number of nitrogens with zero attached hydrogens (tertiary/aromatic N) is 1. The largest absolute Gasteiger partial charge is 1.00 e. The Morgan fingerprint density at radius 3 is 1.51 bits per heavy atom. The van der Waals surface area contributed by atoms with E-state index in [0.29, 0.717) is 11.1 Å². The van der Waals surface area contributed by atoms with E-state index in [1.807, 2.05) is 67.6 Å². The first-order chi connectivity index (χ1) is 16.3. The van der Waals surface area contributed by atoms with Gasteiger partial charge in [-0.05, 0) is 52.7 Å². The molecule has 5 rings (SSSR count). The number of hydrogen-bond donors (Lipinski definition) is 2. The number of phenols is 2. The van der Waals surface area contributed by atoms with Crippen molar-refractivity contribution in [1.29, 1.82) is 0 Å². The minimum atomic E-state index is -3.62. The van der Waals surface area contributed by atoms with Crippen LogP contribution in [-0.2, 0) is 10.0 Å². The Hall–Kier alpha value is -2.58. The Morgan fingerprint density at radius 2 is 1.09 bits per heavy atom. The zero-order chi connectivity index (χ0) is 24.3. The molecule has 0 atom stereocenters. The first-order valence-electron chi connectivity index (χ1n) is 10.4. The topological polar surface area (TPSA) is 88.7 Å². The summed E-state index contributed by atoms with van der Waals surface area (Å²) < 4.78 is 24.8. The minimum absolute atomic E-state index is 0. The Bertz CT molecular complexity index is 1510. The molecular formula is C27H21ClNNaO4S. The fourth-order valence-electron chi connectivity index (χ4n) is 3.80. The van der Waals surface area contributed by atoms with E-state index >= 15 is 0 Å². The van der Waals surface area contributed by atoms with Crippen molar-refractivity contribution in [3.63, 3.8) is 0 Å². The first-order valence-corrected chi connectivity index (χ1v) is 12.2. The molecule has 0 aromatic heterocycles. The maximum atomic E-state index is 11.0. The molecule has 35 heavy (non-hydrogen) atoms. The van der Waals surface area contributed by atoms with Gasteiger partial charge in [-0.25, -0.2) is 8.42 Å². The molecule has 0 amide bonds. The molecule has 0 bridgehead atoms. The summed E-state index contributed by atoms with van der Waals surface area (Å²) in [6.45, 7) is 1.87. The second-order valence-electron chi connectivity index (χ2n) is 7.72. The van der Waals surface area contributed by atoms with Gasteiger partial charge in [-0.2, -0.15) is 0 Å². The van der Waals surface area contributed by atoms with Gasteiger partial charge in [0.15, 0.2) is 0 Å². The van der Waals surface area contributed by atoms with Crippen LogP contribution in [-0.4, -0.2) is 18.6 Å². The second kappa shape index (κ2) is 11.4. The van der Waals surface area contributed by atoms with Crippen molar-refractivity contribution in [3.8, 4) is 22.6 Å². The van der Waals surface area contributed by atoms with Gasteiger partial charge in [-0.1, -0.05) is 78.4 Å². The van der Waals surface area contributed by atoms with Crippen molar-refractivity contribution in [1.82, 2.24) is 0 Å². The molecule has 5 aromatic carbocycles. The van der Waals surface area contributed by atoms with Gasteiger partial charge < -0.3 is 14.5 Å². The average Bonchev–Trinajstić information content (AvgIpc) is 2.85. The van der Waals surface area contributed by atoms with E-state index in [1.54, 1.807) is 24.3 Å². The molecule has 0 radical (unpaired) electrons. The number of fused-ring (bicyclic) bond motifs is 2. The number of sulfonamides is 1. The Kier molecular flexibility index (Phi) is 8.83. The van der Waals surface area contributed by atoms with Crippen LogP contribution in [0.1, 0.15) is 5.56 Å². The van der Waals surface area contributed by atoms with E-state index in [4.69, 9.17) is 11.8 Å². The van der Waals surface area contributed by atoms with Gasteiger partial charge in [0.05, 0.1) is 0 Å². The van der Waals surface area contributed by atoms with Crippen LogP contribution in [0, 0.1) is 6.92 Å². The summed E-state index contributed by atoms with van der Waals surface area (Å²) in [6, 6.07) is 29.2. The smallest absolute Gasteiger partial charge is 0.507 e. The summed E-state index contributed by atoms with van der Waals surface area (Å²) in [6.07, 6.45) is 0. The average molecular weight is 514 g/mol. The van der Waals surface area contributed by atoms with Crippen LogP contribution in [0.25, 0.3) is 36.9 Å². The molecule has 0 spiro atoms. The SMILES string of the molecule is Cc1ccc(S(=O)(=O)[N-]Cl)cc1.Oc1ccc2ccccc2c1-c1c(O)ccc2ccccc12.[Na+]. The summed E-state index contributed by atoms with van der Waals surface area (Å²) in [7, 11) is -3.62. The van der Waals surface area contributed by atoms with Crippen molar-refractivity contribution in [3.05, 3.63) is 107 Å². The summed E-state index contributed by atoms with van der Waals surface area (Å²) >= 11 is 4.90. The van der Waals surface area contributed by atoms with Crippen LogP contribution in [0.5, 0.6) is 11.5 Å². The van der Waals surface area contributed by atoms with E-state index in [2.05, 4.69) is 4.24 Å². The molecule has 0 fully saturated rings. The molecule has 5 aromatic rings. The maximum Gasteiger partial charge on any atom is 1.00 e. The van der Waals surface area contributed by atoms with Gasteiger partial charge in [0.25, 0.3) is 0 Å². The van der Waals surface area contributed by atoms with Crippen LogP contribution >= 0.6 is 11.8 Å². The van der Waals surface area contributed by atoms with Crippen molar-refractivity contribution >= 4 is 43.3 Å². The quantitative estimate of drug-likeness (QED) is 0.352. The maximum absolute atomic E-state index is 11.0. The molecule has 0 aliphatic heterocycles. The van der Waals surface area contributed by atoms with Gasteiger partial charge in [-0.3, -0.25) is 11.8 Å². The molecule has 0 saturated heterocycles. The summed E-state index contributed by atoms with van der Waals surface area (Å²) in [5.41, 5.74) is 2.34. The molecule has 0 heterocycles. The monoisotopic (exact) mass is 513 g/mol. The van der Waals surface area contributed by atoms with Gasteiger partial charge >= 0.3 is 29.6 Å². The number of rotatable bonds is 3. The van der Waals surface area contributed by atoms with Crippen LogP contribution in [0.15, 0.2) is 102 Å². The molecule has 0 saturated carbocycles. The normalized spacial score (nSPS) is 10.9. The number of halogens is 1. The fourth-order valence-corrected chi connectivity index (χ4v) is 4.59. The third kappa shape index (κ3) is 5.81. The Morgan fingerprint density at radius 1 is 0.657 bits per heavy atom. The van der Waals surface area contributed by atoms with Crippen molar-refractivity contribution in [2.24, 2.45) is 0 Å². The summed E-state index contributed by atoms with van der Waals surface area (Å²) in [5.74, 6) is 0.343. The number of aromatic hydroxyl groups is 2. The number of benzene rings is 5. The summed E-state index contributed by atoms with van der Waals surface area (Å²) in [5, 5.41) is 24.8. The third-order valence-electron chi connectivity index (χ3n) is 5.47. The Balaban J connectivity index is 0.000000226. The standard InChI is InChI=1S/C20H14O2.C7H7ClNO2S.Na/c21-17-11-9-13-5-1-3-7-15(13)19(17)20-16-8-4-2-6-14(16)10-12-18(20)22;1-6-2-4-7(5-3-6)12(10,11)9-8;/h1-12,21-22H;2-5H,1H3;/q;-1;+1. The minimum Gasteiger partial charge on any atom is -0.507 e. The molecule has 8 heteroatoms. The van der Waals surface area contributed by atoms with E-state index in [0.717, 1.165) is 27.1 Å². The van der Waals surface area contributed by atoms with Crippen LogP contribution in [0.4, 0.5) is 0 Å². The van der Waals surface area contributed by atoms with Gasteiger partial charge in [-0.15, -0.1) is 0 Å². The number of aryl methyl sites for hydroxylation is 1. The first kappa shape index (κ1) is 27.0. The van der Waals surface area contributed by atoms with Crippen LogP contribution in [0.2, 0.25) is 0 Å². The van der Waals surface area contributed by atoms with Crippen molar-refractivity contribution < 1.29 is 48.2 Å². The van der Waals surface area contributed by atoms with E-state index in [-0.39, 0.29) is 46.0 Å². The van der Waals surface area contributed by atoms with Crippen molar-refractivity contribution in [2.75, 3.05) is 0 Å². The van der Waals surface area contributed by atoms with E-state index in [1.165, 1.54) is 12.1 Å². The molecule has 0 aliphatic carbocycles. The number of phenolic OH excluding ortho intramolecular Hbond substituents is 2. The van der Waals surface area contributed by atoms with Crippen LogP contribution < -0.4 is 29.6 Å². The molecule has 5 nitrogen and oxygen atoms in total. The summed E-state index contributed by atoms with van der Waals surface area (Å²) in [4.78, 5) is 0.114. The molecule has 0 aliphatic rings. The molecule has 2 N–H and O–H groups in total. The van der Waals surface area contributed by atoms with Crippen LogP contribution in [0.3, 0.4) is 0 Å². The second-order valence-corrected chi connectivity index (χ2v) is 9.69. The zero-order valence-electron chi connectivity index (χ0n) is 19.2. The predicted octanol–water partition coefficient (Wildman–Crippen LogP) is 4.29. The molecular weight excluding hydrogens is 493 g/mol.